The second-order valence-corrected chi connectivity index (χ2v) is 3.36. The van der Waals surface area contributed by atoms with Gasteiger partial charge in [-0.15, -0.1) is 24.8 Å². The van der Waals surface area contributed by atoms with Gasteiger partial charge < -0.3 is 9.47 Å². The Kier molecular flexibility index (Phi) is 4.62. The van der Waals surface area contributed by atoms with E-state index >= 15 is 0 Å². The molecule has 0 saturated heterocycles. The van der Waals surface area contributed by atoms with Gasteiger partial charge in [0.25, 0.3) is 0 Å². The van der Waals surface area contributed by atoms with Crippen molar-refractivity contribution in [2.24, 2.45) is 0 Å². The van der Waals surface area contributed by atoms with E-state index in [2.05, 4.69) is 9.72 Å². The molecule has 0 aliphatic carbocycles. The van der Waals surface area contributed by atoms with Crippen molar-refractivity contribution in [3.05, 3.63) is 17.5 Å². The average Bonchev–Trinajstić information content (AvgIpc) is 2.28. The Balaban J connectivity index is 3.26. The first kappa shape index (κ1) is 14.4. The molecule has 0 radical (unpaired) electrons. The summed E-state index contributed by atoms with van der Waals surface area (Å²) in [6.07, 6.45) is -4.07. The minimum absolute atomic E-state index is 0.0109. The Morgan fingerprint density at radius 2 is 2.17 bits per heavy atom. The second-order valence-electron chi connectivity index (χ2n) is 3.10. The van der Waals surface area contributed by atoms with Crippen LogP contribution in [0.2, 0.25) is 0 Å². The van der Waals surface area contributed by atoms with E-state index in [9.17, 15) is 13.2 Å². The molecular weight excluding hydrogens is 273 g/mol. The van der Waals surface area contributed by atoms with Crippen LogP contribution in [0.3, 0.4) is 0 Å². The van der Waals surface area contributed by atoms with Gasteiger partial charge in [-0.3, -0.25) is 4.98 Å². The third-order valence-electron chi connectivity index (χ3n) is 1.98. The molecule has 0 aliphatic rings. The summed E-state index contributed by atoms with van der Waals surface area (Å²) in [4.78, 5) is 3.70. The molecule has 8 heteroatoms. The fourth-order valence-electron chi connectivity index (χ4n) is 1.34. The van der Waals surface area contributed by atoms with Crippen LogP contribution < -0.4 is 9.47 Å². The molecule has 0 aliphatic heterocycles. The van der Waals surface area contributed by atoms with Crippen LogP contribution in [0, 0.1) is 11.3 Å². The molecule has 1 aromatic rings. The minimum Gasteiger partial charge on any atom is -0.494 e. The number of nitrogens with zero attached hydrogens (tertiary/aromatic N) is 2. The van der Waals surface area contributed by atoms with Crippen molar-refractivity contribution in [1.29, 1.82) is 5.26 Å². The summed E-state index contributed by atoms with van der Waals surface area (Å²) in [5.74, 6) is -0.750. The number of nitriles is 1. The Morgan fingerprint density at radius 3 is 2.61 bits per heavy atom. The maximum Gasteiger partial charge on any atom is 0.573 e. The third kappa shape index (κ3) is 3.40. The minimum atomic E-state index is -4.84. The van der Waals surface area contributed by atoms with Crippen LogP contribution in [0.4, 0.5) is 13.2 Å². The molecule has 18 heavy (non-hydrogen) atoms. The standard InChI is InChI=1S/C10H8ClF3N2O2/c1-17-9-6(4-11)8(18-10(12,13)14)5-16-7(9)2-3-15/h5H,2,4H2,1H3. The van der Waals surface area contributed by atoms with E-state index in [1.165, 1.54) is 7.11 Å². The molecule has 4 nitrogen and oxygen atoms in total. The van der Waals surface area contributed by atoms with Gasteiger partial charge in [-0.25, -0.2) is 0 Å². The van der Waals surface area contributed by atoms with Gasteiger partial charge in [0.05, 0.1) is 42.9 Å². The fourth-order valence-corrected chi connectivity index (χ4v) is 1.59. The normalized spacial score (nSPS) is 10.9. The predicted molar refractivity (Wildman–Crippen MR) is 56.3 cm³/mol. The van der Waals surface area contributed by atoms with Gasteiger partial charge in [0, 0.05) is 0 Å². The van der Waals surface area contributed by atoms with Crippen molar-refractivity contribution in [1.82, 2.24) is 4.98 Å². The summed E-state index contributed by atoms with van der Waals surface area (Å²) in [6, 6.07) is 1.83. The molecule has 98 valence electrons. The lowest BCUT2D eigenvalue weighted by molar-refractivity contribution is -0.275. The quantitative estimate of drug-likeness (QED) is 0.796. The number of alkyl halides is 4. The van der Waals surface area contributed by atoms with Gasteiger partial charge in [-0.05, 0) is 0 Å². The Hall–Kier alpha value is -1.68. The van der Waals surface area contributed by atoms with Crippen LogP contribution in [0.1, 0.15) is 11.3 Å². The van der Waals surface area contributed by atoms with Crippen molar-refractivity contribution in [2.75, 3.05) is 7.11 Å². The zero-order chi connectivity index (χ0) is 13.8. The number of hydrogen-bond donors (Lipinski definition) is 0. The molecule has 0 N–H and O–H groups in total. The number of pyridine rings is 1. The zero-order valence-electron chi connectivity index (χ0n) is 9.21. The highest BCUT2D eigenvalue weighted by Crippen LogP contribution is 2.35. The molecule has 0 atom stereocenters. The molecule has 1 heterocycles. The first-order valence-electron chi connectivity index (χ1n) is 4.66. The van der Waals surface area contributed by atoms with Crippen LogP contribution in [0.25, 0.3) is 0 Å². The predicted octanol–water partition coefficient (Wildman–Crippen LogP) is 2.79. The molecule has 0 unspecified atom stereocenters. The largest absolute Gasteiger partial charge is 0.573 e. The van der Waals surface area contributed by atoms with Crippen LogP contribution >= 0.6 is 11.6 Å². The monoisotopic (exact) mass is 280 g/mol. The van der Waals surface area contributed by atoms with Crippen molar-refractivity contribution < 1.29 is 22.6 Å². The van der Waals surface area contributed by atoms with E-state index in [4.69, 9.17) is 21.6 Å². The van der Waals surface area contributed by atoms with Crippen LogP contribution in [-0.2, 0) is 12.3 Å². The summed E-state index contributed by atoms with van der Waals surface area (Å²) in [5, 5.41) is 8.57. The van der Waals surface area contributed by atoms with E-state index in [-0.39, 0.29) is 29.3 Å². The SMILES string of the molecule is COc1c(CC#N)ncc(OC(F)(F)F)c1CCl. The number of rotatable bonds is 4. The van der Waals surface area contributed by atoms with Crippen LogP contribution in [0.15, 0.2) is 6.20 Å². The highest BCUT2D eigenvalue weighted by atomic mass is 35.5. The van der Waals surface area contributed by atoms with Crippen LogP contribution in [0.5, 0.6) is 11.5 Å². The summed E-state index contributed by atoms with van der Waals surface area (Å²) in [6.45, 7) is 0. The molecule has 1 rings (SSSR count). The second kappa shape index (κ2) is 5.78. The van der Waals surface area contributed by atoms with Crippen molar-refractivity contribution in [2.45, 2.75) is 18.7 Å². The first-order chi connectivity index (χ1) is 8.42. The smallest absolute Gasteiger partial charge is 0.494 e. The number of methoxy groups -OCH3 is 1. The van der Waals surface area contributed by atoms with E-state index in [1.54, 1.807) is 0 Å². The Bertz CT molecular complexity index is 471. The van der Waals surface area contributed by atoms with Gasteiger partial charge in [0.1, 0.15) is 5.75 Å². The van der Waals surface area contributed by atoms with Gasteiger partial charge in [-0.1, -0.05) is 0 Å². The first-order valence-corrected chi connectivity index (χ1v) is 5.19. The summed E-state index contributed by atoms with van der Waals surface area (Å²) < 4.78 is 45.2. The average molecular weight is 281 g/mol. The maximum atomic E-state index is 12.2. The third-order valence-corrected chi connectivity index (χ3v) is 2.25. The van der Waals surface area contributed by atoms with E-state index in [0.717, 1.165) is 6.20 Å². The van der Waals surface area contributed by atoms with E-state index in [0.29, 0.717) is 0 Å². The topological polar surface area (TPSA) is 55.1 Å². The molecule has 0 amide bonds. The molecular formula is C10H8ClF3N2O2. The van der Waals surface area contributed by atoms with Crippen molar-refractivity contribution in [3.63, 3.8) is 0 Å². The van der Waals surface area contributed by atoms with Gasteiger partial charge in [0.2, 0.25) is 0 Å². The molecule has 0 bridgehead atoms. The van der Waals surface area contributed by atoms with Crippen molar-refractivity contribution >= 4 is 11.6 Å². The molecule has 0 fully saturated rings. The number of ether oxygens (including phenoxy) is 2. The van der Waals surface area contributed by atoms with Crippen molar-refractivity contribution in [3.8, 4) is 17.6 Å². The summed E-state index contributed by atoms with van der Waals surface area (Å²) in [7, 11) is 1.26. The highest BCUT2D eigenvalue weighted by molar-refractivity contribution is 6.17. The lowest BCUT2D eigenvalue weighted by Gasteiger charge is -2.15. The van der Waals surface area contributed by atoms with Gasteiger partial charge >= 0.3 is 6.36 Å². The fraction of sp³-hybridized carbons (Fsp3) is 0.400. The van der Waals surface area contributed by atoms with E-state index in [1.807, 2.05) is 6.07 Å². The zero-order valence-corrected chi connectivity index (χ0v) is 9.97. The number of hydrogen-bond acceptors (Lipinski definition) is 4. The maximum absolute atomic E-state index is 12.2. The summed E-state index contributed by atoms with van der Waals surface area (Å²) in [5.41, 5.74) is 0.224. The van der Waals surface area contributed by atoms with E-state index < -0.39 is 12.1 Å². The summed E-state index contributed by atoms with van der Waals surface area (Å²) >= 11 is 5.58. The lowest BCUT2D eigenvalue weighted by Crippen LogP contribution is -2.18. The lowest BCUT2D eigenvalue weighted by atomic mass is 10.1. The molecule has 0 aromatic carbocycles. The molecule has 0 spiro atoms. The van der Waals surface area contributed by atoms with Gasteiger partial charge in [0.15, 0.2) is 5.75 Å². The Morgan fingerprint density at radius 1 is 1.50 bits per heavy atom. The Labute approximate surface area is 106 Å². The number of aromatic nitrogens is 1. The molecule has 0 saturated carbocycles. The van der Waals surface area contributed by atoms with Crippen LogP contribution in [-0.4, -0.2) is 18.5 Å². The molecule has 1 aromatic heterocycles. The highest BCUT2D eigenvalue weighted by Gasteiger charge is 2.33. The van der Waals surface area contributed by atoms with Gasteiger partial charge in [-0.2, -0.15) is 5.26 Å². The number of halogens is 4.